The molecule has 1 aromatic heterocycles. The summed E-state index contributed by atoms with van der Waals surface area (Å²) in [5, 5.41) is 6.15. The van der Waals surface area contributed by atoms with Gasteiger partial charge in [-0.3, -0.25) is 14.4 Å². The van der Waals surface area contributed by atoms with Crippen molar-refractivity contribution in [1.29, 1.82) is 0 Å². The van der Waals surface area contributed by atoms with E-state index >= 15 is 0 Å². The molecule has 2 N–H and O–H groups in total. The summed E-state index contributed by atoms with van der Waals surface area (Å²) in [6.45, 7) is 4.59. The van der Waals surface area contributed by atoms with Crippen LogP contribution in [0.15, 0.2) is 23.1 Å². The van der Waals surface area contributed by atoms with Crippen LogP contribution in [0, 0.1) is 0 Å². The van der Waals surface area contributed by atoms with E-state index in [9.17, 15) is 14.4 Å². The quantitative estimate of drug-likeness (QED) is 0.512. The Balaban J connectivity index is 1.52. The molecular weight excluding hydrogens is 412 g/mol. The molecule has 2 amide bonds. The van der Waals surface area contributed by atoms with Crippen LogP contribution in [0.3, 0.4) is 0 Å². The van der Waals surface area contributed by atoms with Gasteiger partial charge in [0.2, 0.25) is 18.1 Å². The van der Waals surface area contributed by atoms with E-state index in [4.69, 9.17) is 9.47 Å². The minimum Gasteiger partial charge on any atom is -0.454 e. The number of rotatable bonds is 11. The Bertz CT molecular complexity index is 1030. The molecule has 174 valence electrons. The van der Waals surface area contributed by atoms with E-state index in [0.29, 0.717) is 48.5 Å². The Labute approximate surface area is 187 Å². The summed E-state index contributed by atoms with van der Waals surface area (Å²) in [6, 6.07) is 3.42. The maximum Gasteiger partial charge on any atom is 0.256 e. The molecule has 0 unspecified atom stereocenters. The summed E-state index contributed by atoms with van der Waals surface area (Å²) in [6.07, 6.45) is 4.39. The van der Waals surface area contributed by atoms with Crippen molar-refractivity contribution in [3.63, 3.8) is 0 Å². The summed E-state index contributed by atoms with van der Waals surface area (Å²) in [5.41, 5.74) is 0.496. The number of nitrogens with zero attached hydrogens (tertiary/aromatic N) is 2. The first kappa shape index (κ1) is 23.6. The summed E-state index contributed by atoms with van der Waals surface area (Å²) in [7, 11) is 3.93. The summed E-state index contributed by atoms with van der Waals surface area (Å²) >= 11 is 0. The smallest absolute Gasteiger partial charge is 0.256 e. The van der Waals surface area contributed by atoms with Gasteiger partial charge in [0.05, 0.1) is 10.9 Å². The molecule has 32 heavy (non-hydrogen) atoms. The van der Waals surface area contributed by atoms with E-state index < -0.39 is 5.91 Å². The monoisotopic (exact) mass is 444 g/mol. The first-order valence-corrected chi connectivity index (χ1v) is 11.1. The molecule has 1 aliphatic heterocycles. The number of benzene rings is 1. The lowest BCUT2D eigenvalue weighted by atomic mass is 10.1. The zero-order chi connectivity index (χ0) is 23.1. The van der Waals surface area contributed by atoms with Gasteiger partial charge in [-0.2, -0.15) is 0 Å². The minimum atomic E-state index is -0.391. The second kappa shape index (κ2) is 11.0. The van der Waals surface area contributed by atoms with Crippen molar-refractivity contribution in [2.75, 3.05) is 40.5 Å². The predicted octanol–water partition coefficient (Wildman–Crippen LogP) is 1.72. The molecule has 9 nitrogen and oxygen atoms in total. The number of fused-ring (bicyclic) bond motifs is 2. The lowest BCUT2D eigenvalue weighted by Crippen LogP contribution is -2.31. The molecule has 2 heterocycles. The molecule has 0 radical (unpaired) electrons. The minimum absolute atomic E-state index is 0.0491. The highest BCUT2D eigenvalue weighted by Crippen LogP contribution is 2.35. The highest BCUT2D eigenvalue weighted by Gasteiger charge is 2.20. The van der Waals surface area contributed by atoms with Crippen molar-refractivity contribution in [1.82, 2.24) is 20.1 Å². The van der Waals surface area contributed by atoms with Crippen molar-refractivity contribution < 1.29 is 19.1 Å². The maximum atomic E-state index is 13.0. The van der Waals surface area contributed by atoms with Gasteiger partial charge in [-0.15, -0.1) is 0 Å². The van der Waals surface area contributed by atoms with Gasteiger partial charge < -0.3 is 29.6 Å². The molecule has 9 heteroatoms. The highest BCUT2D eigenvalue weighted by molar-refractivity contribution is 5.97. The second-order valence-corrected chi connectivity index (χ2v) is 8.10. The number of pyridine rings is 1. The second-order valence-electron chi connectivity index (χ2n) is 8.10. The van der Waals surface area contributed by atoms with Gasteiger partial charge in [0, 0.05) is 44.9 Å². The molecule has 0 aliphatic carbocycles. The maximum absolute atomic E-state index is 13.0. The largest absolute Gasteiger partial charge is 0.454 e. The highest BCUT2D eigenvalue weighted by atomic mass is 16.7. The molecule has 3 rings (SSSR count). The number of likely N-dealkylation sites (N-methyl/N-ethyl adjacent to an activating group) is 1. The van der Waals surface area contributed by atoms with Crippen molar-refractivity contribution in [3.05, 3.63) is 34.1 Å². The van der Waals surface area contributed by atoms with Crippen molar-refractivity contribution >= 4 is 22.7 Å². The Kier molecular flexibility index (Phi) is 8.10. The zero-order valence-electron chi connectivity index (χ0n) is 19.0. The average molecular weight is 445 g/mol. The van der Waals surface area contributed by atoms with Crippen LogP contribution < -0.4 is 25.5 Å². The van der Waals surface area contributed by atoms with Gasteiger partial charge in [-0.05, 0) is 39.9 Å². The van der Waals surface area contributed by atoms with Crippen molar-refractivity contribution in [3.8, 4) is 11.5 Å². The number of hydrogen-bond donors (Lipinski definition) is 2. The number of unbranched alkanes of at least 4 members (excludes halogenated alkanes) is 2. The summed E-state index contributed by atoms with van der Waals surface area (Å²) in [4.78, 5) is 39.4. The molecule has 0 fully saturated rings. The SMILES string of the molecule is CCn1cc(C(=O)NCCCCCC(=O)NCCN(C)C)c(=O)c2cc3c(cc21)OCO3. The van der Waals surface area contributed by atoms with Gasteiger partial charge in [0.25, 0.3) is 5.91 Å². The average Bonchev–Trinajstić information content (AvgIpc) is 3.22. The molecule has 1 aliphatic rings. The molecule has 2 aromatic rings. The van der Waals surface area contributed by atoms with E-state index in [1.807, 2.05) is 30.5 Å². The molecule has 0 bridgehead atoms. The van der Waals surface area contributed by atoms with Crippen LogP contribution >= 0.6 is 0 Å². The molecule has 0 saturated carbocycles. The normalized spacial score (nSPS) is 12.4. The van der Waals surface area contributed by atoms with Crippen LogP contribution in [0.4, 0.5) is 0 Å². The first-order chi connectivity index (χ1) is 15.4. The number of aromatic nitrogens is 1. The Morgan fingerprint density at radius 2 is 1.81 bits per heavy atom. The van der Waals surface area contributed by atoms with Gasteiger partial charge in [-0.25, -0.2) is 0 Å². The summed E-state index contributed by atoms with van der Waals surface area (Å²) in [5.74, 6) is 0.773. The molecule has 0 saturated heterocycles. The fourth-order valence-electron chi connectivity index (χ4n) is 3.59. The fraction of sp³-hybridized carbons (Fsp3) is 0.522. The van der Waals surface area contributed by atoms with E-state index in [0.717, 1.165) is 25.8 Å². The van der Waals surface area contributed by atoms with Gasteiger partial charge in [0.15, 0.2) is 11.5 Å². The lowest BCUT2D eigenvalue weighted by Gasteiger charge is -2.12. The summed E-state index contributed by atoms with van der Waals surface area (Å²) < 4.78 is 12.7. The standard InChI is InChI=1S/C23H32N4O5/c1-4-27-14-17(22(29)16-12-19-20(13-18(16)27)32-15-31-19)23(30)25-9-7-5-6-8-21(28)24-10-11-26(2)3/h12-14H,4-11,15H2,1-3H3,(H,24,28)(H,25,30). The van der Waals surface area contributed by atoms with E-state index in [1.54, 1.807) is 18.3 Å². The number of carbonyl (C=O) groups is 2. The number of nitrogens with one attached hydrogen (secondary N) is 2. The van der Waals surface area contributed by atoms with Crippen LogP contribution in [0.25, 0.3) is 10.9 Å². The van der Waals surface area contributed by atoms with Crippen molar-refractivity contribution in [2.45, 2.75) is 39.2 Å². The fourth-order valence-corrected chi connectivity index (χ4v) is 3.59. The third-order valence-corrected chi connectivity index (χ3v) is 5.41. The Morgan fingerprint density at radius 1 is 1.06 bits per heavy atom. The number of amides is 2. The van der Waals surface area contributed by atoms with Gasteiger partial charge in [-0.1, -0.05) is 6.42 Å². The Morgan fingerprint density at radius 3 is 2.53 bits per heavy atom. The zero-order valence-corrected chi connectivity index (χ0v) is 19.0. The van der Waals surface area contributed by atoms with Gasteiger partial charge >= 0.3 is 0 Å². The van der Waals surface area contributed by atoms with Crippen molar-refractivity contribution in [2.24, 2.45) is 0 Å². The van der Waals surface area contributed by atoms with Crippen LogP contribution in [-0.2, 0) is 11.3 Å². The third-order valence-electron chi connectivity index (χ3n) is 5.41. The molecule has 1 aromatic carbocycles. The van der Waals surface area contributed by atoms with E-state index in [1.165, 1.54) is 0 Å². The number of aryl methyl sites for hydroxylation is 1. The van der Waals surface area contributed by atoms with E-state index in [2.05, 4.69) is 10.6 Å². The lowest BCUT2D eigenvalue weighted by molar-refractivity contribution is -0.121. The molecule has 0 atom stereocenters. The number of carbonyl (C=O) groups excluding carboxylic acids is 2. The predicted molar refractivity (Wildman–Crippen MR) is 122 cm³/mol. The third kappa shape index (κ3) is 5.79. The molecular formula is C23H32N4O5. The van der Waals surface area contributed by atoms with Crippen LogP contribution in [0.5, 0.6) is 11.5 Å². The number of hydrogen-bond acceptors (Lipinski definition) is 6. The van der Waals surface area contributed by atoms with Gasteiger partial charge in [0.1, 0.15) is 5.56 Å². The van der Waals surface area contributed by atoms with Crippen LogP contribution in [-0.4, -0.2) is 61.8 Å². The van der Waals surface area contributed by atoms with E-state index in [-0.39, 0.29) is 23.7 Å². The topological polar surface area (TPSA) is 102 Å². The Hall–Kier alpha value is -3.07. The van der Waals surface area contributed by atoms with Crippen LogP contribution in [0.2, 0.25) is 0 Å². The number of ether oxygens (including phenoxy) is 2. The first-order valence-electron chi connectivity index (χ1n) is 11.1. The molecule has 0 spiro atoms. The van der Waals surface area contributed by atoms with Crippen LogP contribution in [0.1, 0.15) is 43.0 Å².